The molecule has 1 aromatic heterocycles. The zero-order chi connectivity index (χ0) is 17.1. The molecule has 0 saturated heterocycles. The van der Waals surface area contributed by atoms with Crippen molar-refractivity contribution in [1.82, 2.24) is 0 Å². The van der Waals surface area contributed by atoms with Crippen molar-refractivity contribution >= 4 is 17.9 Å². The van der Waals surface area contributed by atoms with Gasteiger partial charge in [-0.25, -0.2) is 9.18 Å². The van der Waals surface area contributed by atoms with E-state index in [1.807, 2.05) is 6.92 Å². The largest absolute Gasteiger partial charge is 0.478 e. The molecule has 0 saturated carbocycles. The molecule has 0 aliphatic rings. The van der Waals surface area contributed by atoms with Gasteiger partial charge in [0.1, 0.15) is 17.3 Å². The van der Waals surface area contributed by atoms with Crippen molar-refractivity contribution in [2.75, 3.05) is 0 Å². The average molecular weight is 323 g/mol. The molecule has 4 nitrogen and oxygen atoms in total. The Morgan fingerprint density at radius 1 is 1.12 bits per heavy atom. The highest BCUT2D eigenvalue weighted by molar-refractivity contribution is 5.89. The smallest absolute Gasteiger partial charge is 0.335 e. The van der Waals surface area contributed by atoms with Crippen LogP contribution in [-0.4, -0.2) is 17.3 Å². The SMILES string of the molecule is Cc1cc(C(=O)O)ccc1-c1ccc(C=Nc2ccc(F)cc2)o1. The molecule has 0 aliphatic carbocycles. The second-order valence-electron chi connectivity index (χ2n) is 5.27. The number of benzene rings is 2. The number of aryl methyl sites for hydroxylation is 1. The molecular formula is C19H14FNO3. The summed E-state index contributed by atoms with van der Waals surface area (Å²) in [4.78, 5) is 15.2. The Hall–Kier alpha value is -3.21. The Kier molecular flexibility index (Phi) is 4.24. The van der Waals surface area contributed by atoms with E-state index >= 15 is 0 Å². The van der Waals surface area contributed by atoms with Gasteiger partial charge < -0.3 is 9.52 Å². The van der Waals surface area contributed by atoms with E-state index in [4.69, 9.17) is 9.52 Å². The Morgan fingerprint density at radius 2 is 1.88 bits per heavy atom. The maximum Gasteiger partial charge on any atom is 0.335 e. The van der Waals surface area contributed by atoms with Gasteiger partial charge in [0, 0.05) is 5.56 Å². The maximum absolute atomic E-state index is 12.8. The van der Waals surface area contributed by atoms with E-state index in [9.17, 15) is 9.18 Å². The quantitative estimate of drug-likeness (QED) is 0.699. The van der Waals surface area contributed by atoms with Crippen molar-refractivity contribution in [1.29, 1.82) is 0 Å². The molecule has 0 unspecified atom stereocenters. The van der Waals surface area contributed by atoms with Crippen LogP contribution in [0.3, 0.4) is 0 Å². The standard InChI is InChI=1S/C19H14FNO3/c1-12-10-13(19(22)23)2-8-17(12)18-9-7-16(24-18)11-21-15-5-3-14(20)4-6-15/h2-11H,1H3,(H,22,23). The summed E-state index contributed by atoms with van der Waals surface area (Å²) in [5, 5.41) is 9.01. The van der Waals surface area contributed by atoms with E-state index in [0.29, 0.717) is 17.2 Å². The Balaban J connectivity index is 1.83. The Morgan fingerprint density at radius 3 is 2.54 bits per heavy atom. The van der Waals surface area contributed by atoms with Crippen LogP contribution in [0.4, 0.5) is 10.1 Å². The van der Waals surface area contributed by atoms with Crippen LogP contribution < -0.4 is 0 Å². The number of rotatable bonds is 4. The van der Waals surface area contributed by atoms with E-state index in [0.717, 1.165) is 11.1 Å². The van der Waals surface area contributed by atoms with Crippen molar-refractivity contribution in [2.45, 2.75) is 6.92 Å². The van der Waals surface area contributed by atoms with Gasteiger partial charge in [-0.3, -0.25) is 4.99 Å². The van der Waals surface area contributed by atoms with E-state index < -0.39 is 5.97 Å². The lowest BCUT2D eigenvalue weighted by Crippen LogP contribution is -1.96. The summed E-state index contributed by atoms with van der Waals surface area (Å²) in [7, 11) is 0. The van der Waals surface area contributed by atoms with Gasteiger partial charge in [-0.05, 0) is 61.0 Å². The lowest BCUT2D eigenvalue weighted by molar-refractivity contribution is 0.0697. The highest BCUT2D eigenvalue weighted by Crippen LogP contribution is 2.26. The maximum atomic E-state index is 12.8. The lowest BCUT2D eigenvalue weighted by Gasteiger charge is -2.03. The van der Waals surface area contributed by atoms with Gasteiger partial charge in [-0.2, -0.15) is 0 Å². The molecule has 1 heterocycles. The molecule has 0 radical (unpaired) electrons. The lowest BCUT2D eigenvalue weighted by atomic mass is 10.0. The third-order valence-corrected chi connectivity index (χ3v) is 3.53. The van der Waals surface area contributed by atoms with Crippen LogP contribution in [0.1, 0.15) is 21.7 Å². The van der Waals surface area contributed by atoms with Crippen LogP contribution in [0.15, 0.2) is 64.0 Å². The molecule has 0 atom stereocenters. The van der Waals surface area contributed by atoms with Gasteiger partial charge in [-0.15, -0.1) is 0 Å². The second kappa shape index (κ2) is 6.50. The second-order valence-corrected chi connectivity index (χ2v) is 5.27. The molecule has 0 aliphatic heterocycles. The van der Waals surface area contributed by atoms with Crippen molar-refractivity contribution in [3.8, 4) is 11.3 Å². The molecular weight excluding hydrogens is 309 g/mol. The predicted octanol–water partition coefficient (Wildman–Crippen LogP) is 4.84. The first-order chi connectivity index (χ1) is 11.5. The molecule has 24 heavy (non-hydrogen) atoms. The van der Waals surface area contributed by atoms with Crippen LogP contribution in [0.5, 0.6) is 0 Å². The zero-order valence-electron chi connectivity index (χ0n) is 12.9. The van der Waals surface area contributed by atoms with Gasteiger partial charge in [0.2, 0.25) is 0 Å². The summed E-state index contributed by atoms with van der Waals surface area (Å²) in [6.45, 7) is 1.83. The molecule has 3 rings (SSSR count). The number of furan rings is 1. The first-order valence-electron chi connectivity index (χ1n) is 7.27. The molecule has 5 heteroatoms. The Bertz CT molecular complexity index is 911. The summed E-state index contributed by atoms with van der Waals surface area (Å²) in [5.74, 6) is -0.0910. The normalized spacial score (nSPS) is 11.1. The van der Waals surface area contributed by atoms with Crippen molar-refractivity contribution in [3.63, 3.8) is 0 Å². The van der Waals surface area contributed by atoms with Crippen molar-refractivity contribution in [3.05, 3.63) is 77.3 Å². The van der Waals surface area contributed by atoms with Crippen molar-refractivity contribution in [2.24, 2.45) is 4.99 Å². The fourth-order valence-corrected chi connectivity index (χ4v) is 2.31. The first-order valence-corrected chi connectivity index (χ1v) is 7.27. The fourth-order valence-electron chi connectivity index (χ4n) is 2.31. The van der Waals surface area contributed by atoms with Gasteiger partial charge in [0.05, 0.1) is 17.5 Å². The number of hydrogen-bond donors (Lipinski definition) is 1. The molecule has 0 amide bonds. The zero-order valence-corrected chi connectivity index (χ0v) is 12.9. The van der Waals surface area contributed by atoms with E-state index in [2.05, 4.69) is 4.99 Å². The molecule has 0 fully saturated rings. The highest BCUT2D eigenvalue weighted by atomic mass is 19.1. The number of aliphatic imine (C=N–C) groups is 1. The number of carboxylic acid groups (broad SMARTS) is 1. The number of carboxylic acids is 1. The summed E-state index contributed by atoms with van der Waals surface area (Å²) in [5.41, 5.74) is 2.49. The summed E-state index contributed by atoms with van der Waals surface area (Å²) < 4.78 is 18.6. The van der Waals surface area contributed by atoms with Gasteiger partial charge in [0.15, 0.2) is 0 Å². The van der Waals surface area contributed by atoms with Gasteiger partial charge in [-0.1, -0.05) is 6.07 Å². The van der Waals surface area contributed by atoms with Crippen LogP contribution in [-0.2, 0) is 0 Å². The molecule has 2 aromatic carbocycles. The predicted molar refractivity (Wildman–Crippen MR) is 89.5 cm³/mol. The van der Waals surface area contributed by atoms with Gasteiger partial charge >= 0.3 is 5.97 Å². The van der Waals surface area contributed by atoms with E-state index in [-0.39, 0.29) is 11.4 Å². The summed E-state index contributed by atoms with van der Waals surface area (Å²) in [6.07, 6.45) is 1.55. The average Bonchev–Trinajstić information content (AvgIpc) is 3.03. The van der Waals surface area contributed by atoms with Crippen LogP contribution >= 0.6 is 0 Å². The fraction of sp³-hybridized carbons (Fsp3) is 0.0526. The number of aromatic carboxylic acids is 1. The number of nitrogens with zero attached hydrogens (tertiary/aromatic N) is 1. The number of carbonyl (C=O) groups is 1. The minimum absolute atomic E-state index is 0.237. The van der Waals surface area contributed by atoms with E-state index in [1.54, 1.807) is 48.7 Å². The summed E-state index contributed by atoms with van der Waals surface area (Å²) in [6, 6.07) is 14.3. The topological polar surface area (TPSA) is 62.8 Å². The molecule has 1 N–H and O–H groups in total. The minimum atomic E-state index is -0.962. The van der Waals surface area contributed by atoms with Crippen LogP contribution in [0.2, 0.25) is 0 Å². The highest BCUT2D eigenvalue weighted by Gasteiger charge is 2.10. The third kappa shape index (κ3) is 3.41. The van der Waals surface area contributed by atoms with Crippen molar-refractivity contribution < 1.29 is 18.7 Å². The molecule has 0 spiro atoms. The Labute approximate surface area is 137 Å². The number of hydrogen-bond acceptors (Lipinski definition) is 3. The first kappa shape index (κ1) is 15.7. The van der Waals surface area contributed by atoms with Gasteiger partial charge in [0.25, 0.3) is 0 Å². The molecule has 120 valence electrons. The summed E-state index contributed by atoms with van der Waals surface area (Å²) >= 11 is 0. The minimum Gasteiger partial charge on any atom is -0.478 e. The van der Waals surface area contributed by atoms with E-state index in [1.165, 1.54) is 12.1 Å². The molecule has 3 aromatic rings. The van der Waals surface area contributed by atoms with Crippen LogP contribution in [0.25, 0.3) is 11.3 Å². The number of halogens is 1. The van der Waals surface area contributed by atoms with Crippen LogP contribution in [0, 0.1) is 12.7 Å². The third-order valence-electron chi connectivity index (χ3n) is 3.53. The molecule has 0 bridgehead atoms. The monoisotopic (exact) mass is 323 g/mol.